The molecule has 128 valence electrons. The van der Waals surface area contributed by atoms with Gasteiger partial charge in [0.25, 0.3) is 0 Å². The maximum atomic E-state index is 13.2. The van der Waals surface area contributed by atoms with Crippen molar-refractivity contribution in [3.05, 3.63) is 18.5 Å². The Morgan fingerprint density at radius 1 is 1.48 bits per heavy atom. The van der Waals surface area contributed by atoms with Crippen molar-refractivity contribution in [1.82, 2.24) is 20.0 Å². The number of rotatable bonds is 5. The van der Waals surface area contributed by atoms with Crippen molar-refractivity contribution in [2.24, 2.45) is 5.41 Å². The fraction of sp³-hybridized carbons (Fsp3) is 0.750. The van der Waals surface area contributed by atoms with Gasteiger partial charge in [0, 0.05) is 32.6 Å². The zero-order chi connectivity index (χ0) is 16.1. The first-order chi connectivity index (χ1) is 11.2. The number of morpholine rings is 1. The standard InChI is InChI=1S/C16H26N4O3/c1-22-13-16(3-6-17-7-4-16)15(21)19-9-10-23-14(11-19)12-20-8-2-5-18-20/h2,5,8,14,17H,3-4,6-7,9-13H2,1H3. The van der Waals surface area contributed by atoms with E-state index in [9.17, 15) is 4.79 Å². The lowest BCUT2D eigenvalue weighted by atomic mass is 9.78. The summed E-state index contributed by atoms with van der Waals surface area (Å²) in [7, 11) is 1.68. The van der Waals surface area contributed by atoms with Gasteiger partial charge in [-0.1, -0.05) is 0 Å². The predicted octanol–water partition coefficient (Wildman–Crippen LogP) is 0.127. The van der Waals surface area contributed by atoms with Gasteiger partial charge in [0.05, 0.1) is 31.3 Å². The Bertz CT molecular complexity index is 494. The number of hydrogen-bond donors (Lipinski definition) is 1. The van der Waals surface area contributed by atoms with Crippen LogP contribution in [0, 0.1) is 5.41 Å². The highest BCUT2D eigenvalue weighted by molar-refractivity contribution is 5.83. The van der Waals surface area contributed by atoms with Crippen LogP contribution >= 0.6 is 0 Å². The number of piperidine rings is 1. The summed E-state index contributed by atoms with van der Waals surface area (Å²) in [4.78, 5) is 15.1. The SMILES string of the molecule is COCC1(C(=O)N2CCOC(Cn3cccn3)C2)CCNCC1. The van der Waals surface area contributed by atoms with Gasteiger partial charge in [-0.15, -0.1) is 0 Å². The lowest BCUT2D eigenvalue weighted by Crippen LogP contribution is -2.56. The molecule has 1 atom stereocenters. The second kappa shape index (κ2) is 7.42. The third-order valence-corrected chi connectivity index (χ3v) is 4.81. The largest absolute Gasteiger partial charge is 0.384 e. The normalized spacial score (nSPS) is 24.6. The van der Waals surface area contributed by atoms with Crippen LogP contribution in [0.15, 0.2) is 18.5 Å². The molecule has 2 fully saturated rings. The molecule has 0 saturated carbocycles. The van der Waals surface area contributed by atoms with Crippen molar-refractivity contribution in [3.8, 4) is 0 Å². The number of aromatic nitrogens is 2. The summed E-state index contributed by atoms with van der Waals surface area (Å²) in [6.07, 6.45) is 5.34. The Hall–Kier alpha value is -1.44. The van der Waals surface area contributed by atoms with Crippen molar-refractivity contribution < 1.29 is 14.3 Å². The molecule has 0 bridgehead atoms. The van der Waals surface area contributed by atoms with Crippen LogP contribution < -0.4 is 5.32 Å². The van der Waals surface area contributed by atoms with Crippen LogP contribution in [0.25, 0.3) is 0 Å². The molecule has 2 aliphatic rings. The van der Waals surface area contributed by atoms with Crippen LogP contribution in [0.4, 0.5) is 0 Å². The fourth-order valence-electron chi connectivity index (χ4n) is 3.57. The molecular formula is C16H26N4O3. The lowest BCUT2D eigenvalue weighted by molar-refractivity contribution is -0.155. The smallest absolute Gasteiger partial charge is 0.231 e. The van der Waals surface area contributed by atoms with Crippen molar-refractivity contribution in [2.45, 2.75) is 25.5 Å². The highest BCUT2D eigenvalue weighted by Crippen LogP contribution is 2.32. The van der Waals surface area contributed by atoms with E-state index in [0.29, 0.717) is 32.8 Å². The lowest BCUT2D eigenvalue weighted by Gasteiger charge is -2.42. The van der Waals surface area contributed by atoms with Crippen molar-refractivity contribution in [3.63, 3.8) is 0 Å². The topological polar surface area (TPSA) is 68.6 Å². The molecule has 3 rings (SSSR count). The zero-order valence-electron chi connectivity index (χ0n) is 13.7. The minimum Gasteiger partial charge on any atom is -0.384 e. The summed E-state index contributed by atoms with van der Waals surface area (Å²) >= 11 is 0. The fourth-order valence-corrected chi connectivity index (χ4v) is 3.57. The van der Waals surface area contributed by atoms with Crippen LogP contribution in [0.2, 0.25) is 0 Å². The van der Waals surface area contributed by atoms with E-state index in [2.05, 4.69) is 10.4 Å². The van der Waals surface area contributed by atoms with Crippen LogP contribution in [0.1, 0.15) is 12.8 Å². The maximum absolute atomic E-state index is 13.2. The highest BCUT2D eigenvalue weighted by Gasteiger charge is 2.43. The maximum Gasteiger partial charge on any atom is 0.231 e. The third-order valence-electron chi connectivity index (χ3n) is 4.81. The number of hydrogen-bond acceptors (Lipinski definition) is 5. The number of ether oxygens (including phenoxy) is 2. The number of carbonyl (C=O) groups is 1. The van der Waals surface area contributed by atoms with Crippen molar-refractivity contribution in [2.75, 3.05) is 46.5 Å². The summed E-state index contributed by atoms with van der Waals surface area (Å²) in [5.74, 6) is 0.217. The monoisotopic (exact) mass is 322 g/mol. The third kappa shape index (κ3) is 3.73. The van der Waals surface area contributed by atoms with E-state index in [0.717, 1.165) is 25.9 Å². The molecule has 1 aromatic heterocycles. The van der Waals surface area contributed by atoms with Gasteiger partial charge in [-0.05, 0) is 32.0 Å². The van der Waals surface area contributed by atoms with Gasteiger partial charge in [0.15, 0.2) is 0 Å². The van der Waals surface area contributed by atoms with E-state index in [1.54, 1.807) is 13.3 Å². The van der Waals surface area contributed by atoms with E-state index in [-0.39, 0.29) is 17.4 Å². The minimum absolute atomic E-state index is 0.00564. The molecule has 2 saturated heterocycles. The molecule has 0 radical (unpaired) electrons. The van der Waals surface area contributed by atoms with Crippen LogP contribution in [-0.4, -0.2) is 73.2 Å². The van der Waals surface area contributed by atoms with Crippen molar-refractivity contribution in [1.29, 1.82) is 0 Å². The molecule has 7 heteroatoms. The van der Waals surface area contributed by atoms with Crippen LogP contribution in [0.5, 0.6) is 0 Å². The second-order valence-electron chi connectivity index (χ2n) is 6.44. The summed E-state index contributed by atoms with van der Waals surface area (Å²) in [6, 6.07) is 1.90. The quantitative estimate of drug-likeness (QED) is 0.834. The van der Waals surface area contributed by atoms with E-state index >= 15 is 0 Å². The number of carbonyl (C=O) groups excluding carboxylic acids is 1. The van der Waals surface area contributed by atoms with Gasteiger partial charge in [-0.2, -0.15) is 5.10 Å². The van der Waals surface area contributed by atoms with E-state index in [4.69, 9.17) is 9.47 Å². The Balaban J connectivity index is 1.65. The molecule has 1 unspecified atom stereocenters. The number of methoxy groups -OCH3 is 1. The first kappa shape index (κ1) is 16.4. The minimum atomic E-state index is -0.381. The zero-order valence-corrected chi connectivity index (χ0v) is 13.7. The van der Waals surface area contributed by atoms with Crippen molar-refractivity contribution >= 4 is 5.91 Å². The molecule has 0 aliphatic carbocycles. The molecule has 23 heavy (non-hydrogen) atoms. The van der Waals surface area contributed by atoms with Crippen LogP contribution in [-0.2, 0) is 20.8 Å². The first-order valence-corrected chi connectivity index (χ1v) is 8.32. The summed E-state index contributed by atoms with van der Waals surface area (Å²) in [6.45, 7) is 4.78. The Morgan fingerprint density at radius 3 is 3.00 bits per heavy atom. The summed E-state index contributed by atoms with van der Waals surface area (Å²) in [5, 5.41) is 7.55. The average molecular weight is 322 g/mol. The van der Waals surface area contributed by atoms with Gasteiger partial charge in [-0.25, -0.2) is 0 Å². The Morgan fingerprint density at radius 2 is 2.30 bits per heavy atom. The van der Waals surface area contributed by atoms with Gasteiger partial charge in [-0.3, -0.25) is 9.48 Å². The Kier molecular flexibility index (Phi) is 5.30. The average Bonchev–Trinajstić information content (AvgIpc) is 3.08. The van der Waals surface area contributed by atoms with E-state index in [1.165, 1.54) is 0 Å². The van der Waals surface area contributed by atoms with Gasteiger partial charge in [0.2, 0.25) is 5.91 Å². The summed E-state index contributed by atoms with van der Waals surface area (Å²) in [5.41, 5.74) is -0.381. The molecule has 2 aliphatic heterocycles. The number of nitrogens with one attached hydrogen (secondary N) is 1. The molecule has 3 heterocycles. The molecular weight excluding hydrogens is 296 g/mol. The van der Waals surface area contributed by atoms with Gasteiger partial charge >= 0.3 is 0 Å². The van der Waals surface area contributed by atoms with Gasteiger partial charge in [0.1, 0.15) is 0 Å². The predicted molar refractivity (Wildman–Crippen MR) is 85.0 cm³/mol. The van der Waals surface area contributed by atoms with Crippen LogP contribution in [0.3, 0.4) is 0 Å². The molecule has 0 aromatic carbocycles. The molecule has 0 spiro atoms. The summed E-state index contributed by atoms with van der Waals surface area (Å²) < 4.78 is 13.1. The van der Waals surface area contributed by atoms with Gasteiger partial charge < -0.3 is 19.7 Å². The number of nitrogens with zero attached hydrogens (tertiary/aromatic N) is 3. The molecule has 1 amide bonds. The molecule has 1 aromatic rings. The second-order valence-corrected chi connectivity index (χ2v) is 6.44. The highest BCUT2D eigenvalue weighted by atomic mass is 16.5. The molecule has 7 nitrogen and oxygen atoms in total. The first-order valence-electron chi connectivity index (χ1n) is 8.32. The molecule has 1 N–H and O–H groups in total. The Labute approximate surface area is 136 Å². The number of amides is 1. The van der Waals surface area contributed by atoms with E-state index < -0.39 is 0 Å². The van der Waals surface area contributed by atoms with E-state index in [1.807, 2.05) is 21.8 Å².